The van der Waals surface area contributed by atoms with Gasteiger partial charge in [-0.05, 0) is 96.6 Å². The molecule has 0 radical (unpaired) electrons. The van der Waals surface area contributed by atoms with E-state index in [2.05, 4.69) is 15.4 Å². The van der Waals surface area contributed by atoms with Gasteiger partial charge >= 0.3 is 5.97 Å². The van der Waals surface area contributed by atoms with Crippen LogP contribution in [0.1, 0.15) is 28.4 Å². The van der Waals surface area contributed by atoms with Gasteiger partial charge in [-0.2, -0.15) is 5.26 Å². The Morgan fingerprint density at radius 2 is 1.62 bits per heavy atom. The fraction of sp³-hybridized carbons (Fsp3) is 0.172. The molecule has 0 saturated heterocycles. The summed E-state index contributed by atoms with van der Waals surface area (Å²) in [5, 5.41) is 15.0. The van der Waals surface area contributed by atoms with Crippen LogP contribution in [0, 0.1) is 21.8 Å². The predicted molar refractivity (Wildman–Crippen MR) is 156 cm³/mol. The third kappa shape index (κ3) is 8.31. The van der Waals surface area contributed by atoms with E-state index in [-0.39, 0.29) is 18.1 Å². The van der Waals surface area contributed by atoms with Crippen molar-refractivity contribution >= 4 is 57.8 Å². The monoisotopic (exact) mass is 639 g/mol. The Balaban J connectivity index is 1.74. The van der Waals surface area contributed by atoms with Gasteiger partial charge in [0.25, 0.3) is 11.8 Å². The van der Waals surface area contributed by atoms with E-state index in [0.29, 0.717) is 44.2 Å². The molecule has 2 N–H and O–H groups in total. The van der Waals surface area contributed by atoms with Crippen LogP contribution in [0.5, 0.6) is 11.5 Å². The summed E-state index contributed by atoms with van der Waals surface area (Å²) in [5.41, 5.74) is 2.88. The minimum Gasteiger partial charge on any atom is -0.490 e. The van der Waals surface area contributed by atoms with Crippen molar-refractivity contribution < 1.29 is 28.6 Å². The average Bonchev–Trinajstić information content (AvgIpc) is 2.92. The van der Waals surface area contributed by atoms with Crippen LogP contribution < -0.4 is 20.1 Å². The highest BCUT2D eigenvalue weighted by molar-refractivity contribution is 14.1. The number of benzene rings is 3. The first-order chi connectivity index (χ1) is 18.7. The minimum atomic E-state index is -0.621. The SMILES string of the molecule is CCOc1cc(/C=C(\C#N)C(=O)Nc2ccc(C(=O)OC)cc2)cc(I)c1OCC(=O)Nc1ccc(C)cc1. The molecule has 3 aromatic carbocycles. The van der Waals surface area contributed by atoms with E-state index in [1.807, 2.05) is 66.8 Å². The van der Waals surface area contributed by atoms with Crippen molar-refractivity contribution in [1.29, 1.82) is 5.26 Å². The van der Waals surface area contributed by atoms with Gasteiger partial charge in [-0.3, -0.25) is 9.59 Å². The van der Waals surface area contributed by atoms with E-state index < -0.39 is 11.9 Å². The number of rotatable bonds is 10. The number of hydrogen-bond acceptors (Lipinski definition) is 7. The normalized spacial score (nSPS) is 10.7. The van der Waals surface area contributed by atoms with Crippen molar-refractivity contribution in [2.45, 2.75) is 13.8 Å². The van der Waals surface area contributed by atoms with Crippen molar-refractivity contribution in [1.82, 2.24) is 0 Å². The smallest absolute Gasteiger partial charge is 0.337 e. The Labute approximate surface area is 239 Å². The Morgan fingerprint density at radius 1 is 0.974 bits per heavy atom. The van der Waals surface area contributed by atoms with Crippen molar-refractivity contribution in [3.63, 3.8) is 0 Å². The molecule has 0 spiro atoms. The van der Waals surface area contributed by atoms with Gasteiger partial charge in [-0.1, -0.05) is 17.7 Å². The molecule has 39 heavy (non-hydrogen) atoms. The van der Waals surface area contributed by atoms with Crippen LogP contribution in [0.15, 0.2) is 66.2 Å². The van der Waals surface area contributed by atoms with Gasteiger partial charge < -0.3 is 24.8 Å². The molecule has 0 aromatic heterocycles. The van der Waals surface area contributed by atoms with Gasteiger partial charge in [0.15, 0.2) is 18.1 Å². The number of carbonyl (C=O) groups excluding carboxylic acids is 3. The Bertz CT molecular complexity index is 1430. The molecule has 0 aliphatic heterocycles. The van der Waals surface area contributed by atoms with Crippen LogP contribution in [-0.4, -0.2) is 38.1 Å². The highest BCUT2D eigenvalue weighted by atomic mass is 127. The van der Waals surface area contributed by atoms with Crippen LogP contribution in [0.3, 0.4) is 0 Å². The molecule has 0 unspecified atom stereocenters. The summed E-state index contributed by atoms with van der Waals surface area (Å²) >= 11 is 2.04. The maximum Gasteiger partial charge on any atom is 0.337 e. The van der Waals surface area contributed by atoms with Gasteiger partial charge in [0.2, 0.25) is 0 Å². The van der Waals surface area contributed by atoms with E-state index in [1.165, 1.54) is 37.5 Å². The molecule has 0 atom stereocenters. The lowest BCUT2D eigenvalue weighted by atomic mass is 10.1. The first kappa shape index (κ1) is 29.2. The zero-order valence-corrected chi connectivity index (χ0v) is 23.7. The summed E-state index contributed by atoms with van der Waals surface area (Å²) in [4.78, 5) is 36.7. The van der Waals surface area contributed by atoms with Crippen LogP contribution in [0.25, 0.3) is 6.08 Å². The molecule has 0 saturated carbocycles. The van der Waals surface area contributed by atoms with Crippen LogP contribution in [0.4, 0.5) is 11.4 Å². The number of nitriles is 1. The van der Waals surface area contributed by atoms with Crippen LogP contribution >= 0.6 is 22.6 Å². The first-order valence-corrected chi connectivity index (χ1v) is 12.9. The Morgan fingerprint density at radius 3 is 2.23 bits per heavy atom. The van der Waals surface area contributed by atoms with Gasteiger partial charge in [0, 0.05) is 11.4 Å². The second-order valence-corrected chi connectivity index (χ2v) is 9.32. The number of nitrogens with one attached hydrogen (secondary N) is 2. The number of esters is 1. The second kappa shape index (κ2) is 14.0. The summed E-state index contributed by atoms with van der Waals surface area (Å²) < 4.78 is 16.8. The molecule has 0 fully saturated rings. The maximum absolute atomic E-state index is 12.7. The number of halogens is 1. The molecular weight excluding hydrogens is 613 g/mol. The minimum absolute atomic E-state index is 0.142. The highest BCUT2D eigenvalue weighted by Gasteiger charge is 2.16. The molecule has 0 aliphatic rings. The topological polar surface area (TPSA) is 127 Å². The van der Waals surface area contributed by atoms with Crippen molar-refractivity contribution in [2.24, 2.45) is 0 Å². The third-order valence-electron chi connectivity index (χ3n) is 5.25. The third-order valence-corrected chi connectivity index (χ3v) is 6.06. The number of methoxy groups -OCH3 is 1. The maximum atomic E-state index is 12.7. The summed E-state index contributed by atoms with van der Waals surface area (Å²) in [7, 11) is 1.28. The molecule has 3 rings (SSSR count). The number of nitrogens with zero attached hydrogens (tertiary/aromatic N) is 1. The number of ether oxygens (including phenoxy) is 3. The zero-order valence-electron chi connectivity index (χ0n) is 21.5. The Kier molecular flexibility index (Phi) is 10.5. The number of anilines is 2. The van der Waals surface area contributed by atoms with E-state index in [4.69, 9.17) is 9.47 Å². The van der Waals surface area contributed by atoms with E-state index in [0.717, 1.165) is 5.56 Å². The van der Waals surface area contributed by atoms with Crippen LogP contribution in [-0.2, 0) is 14.3 Å². The highest BCUT2D eigenvalue weighted by Crippen LogP contribution is 2.35. The summed E-state index contributed by atoms with van der Waals surface area (Å²) in [6.07, 6.45) is 1.43. The summed E-state index contributed by atoms with van der Waals surface area (Å²) in [6.45, 7) is 3.87. The quantitative estimate of drug-likeness (QED) is 0.133. The van der Waals surface area contributed by atoms with E-state index >= 15 is 0 Å². The molecule has 9 nitrogen and oxygen atoms in total. The molecular formula is C29H26IN3O6. The zero-order chi connectivity index (χ0) is 28.4. The molecule has 0 aliphatic carbocycles. The summed E-state index contributed by atoms with van der Waals surface area (Å²) in [5.74, 6) is -0.699. The molecule has 0 bridgehead atoms. The predicted octanol–water partition coefficient (Wildman–Crippen LogP) is 5.35. The van der Waals surface area contributed by atoms with E-state index in [1.54, 1.807) is 12.1 Å². The summed E-state index contributed by atoms with van der Waals surface area (Å²) in [6, 6.07) is 18.8. The van der Waals surface area contributed by atoms with Gasteiger partial charge in [-0.15, -0.1) is 0 Å². The molecule has 10 heteroatoms. The molecule has 2 amide bonds. The van der Waals surface area contributed by atoms with Crippen molar-refractivity contribution in [2.75, 3.05) is 31.0 Å². The molecule has 3 aromatic rings. The fourth-order valence-corrected chi connectivity index (χ4v) is 4.15. The van der Waals surface area contributed by atoms with Crippen molar-refractivity contribution in [3.8, 4) is 17.6 Å². The molecule has 0 heterocycles. The Hall–Kier alpha value is -4.37. The number of hydrogen-bond donors (Lipinski definition) is 2. The van der Waals surface area contributed by atoms with Crippen LogP contribution in [0.2, 0.25) is 0 Å². The lowest BCUT2D eigenvalue weighted by Gasteiger charge is -2.15. The number of aryl methyl sites for hydroxylation is 1. The average molecular weight is 639 g/mol. The van der Waals surface area contributed by atoms with E-state index in [9.17, 15) is 19.6 Å². The largest absolute Gasteiger partial charge is 0.490 e. The lowest BCUT2D eigenvalue weighted by Crippen LogP contribution is -2.20. The van der Waals surface area contributed by atoms with Gasteiger partial charge in [0.1, 0.15) is 11.6 Å². The number of amides is 2. The second-order valence-electron chi connectivity index (χ2n) is 8.16. The van der Waals surface area contributed by atoms with Gasteiger partial charge in [-0.25, -0.2) is 4.79 Å². The first-order valence-electron chi connectivity index (χ1n) is 11.8. The standard InChI is InChI=1S/C29H26IN3O6/c1-4-38-25-15-19(13-21(16-31)28(35)33-23-11-7-20(8-12-23)29(36)37-3)14-24(30)27(25)39-17-26(34)32-22-9-5-18(2)6-10-22/h5-15H,4,17H2,1-3H3,(H,32,34)(H,33,35)/b21-13+. The number of carbonyl (C=O) groups is 3. The lowest BCUT2D eigenvalue weighted by molar-refractivity contribution is -0.118. The van der Waals surface area contributed by atoms with Crippen molar-refractivity contribution in [3.05, 3.63) is 86.5 Å². The molecule has 200 valence electrons. The van der Waals surface area contributed by atoms with Gasteiger partial charge in [0.05, 0.1) is 22.9 Å². The fourth-order valence-electron chi connectivity index (χ4n) is 3.37.